The Bertz CT molecular complexity index is 928. The molecule has 2 heterocycles. The molecule has 0 spiro atoms. The Labute approximate surface area is 127 Å². The molecule has 0 aliphatic heterocycles. The van der Waals surface area contributed by atoms with Crippen molar-refractivity contribution in [3.05, 3.63) is 35.7 Å². The van der Waals surface area contributed by atoms with Gasteiger partial charge in [-0.15, -0.1) is 0 Å². The molecule has 0 radical (unpaired) electrons. The van der Waals surface area contributed by atoms with Gasteiger partial charge < -0.3 is 0 Å². The molecule has 2 aromatic heterocycles. The van der Waals surface area contributed by atoms with Gasteiger partial charge in [0.2, 0.25) is 10.0 Å². The molecule has 1 unspecified atom stereocenters. The molecule has 3 aromatic rings. The summed E-state index contributed by atoms with van der Waals surface area (Å²) >= 11 is 0. The fourth-order valence-corrected chi connectivity index (χ4v) is 3.77. The molecule has 0 amide bonds. The van der Waals surface area contributed by atoms with Crippen molar-refractivity contribution >= 4 is 21.1 Å². The Morgan fingerprint density at radius 3 is 2.77 bits per heavy atom. The van der Waals surface area contributed by atoms with Crippen molar-refractivity contribution in [1.82, 2.24) is 24.8 Å². The largest absolute Gasteiger partial charge is 0.275 e. The van der Waals surface area contributed by atoms with E-state index >= 15 is 0 Å². The summed E-state index contributed by atoms with van der Waals surface area (Å²) in [6.07, 6.45) is 1.79. The number of nitrogens with one attached hydrogen (secondary N) is 1. The standard InChI is InChI=1S/C13H15N5O3S/c1-8-10(7-18(3)14-8)9(2)17-22(19,20)12-6-4-5-11-13(12)16-21-15-11/h4-7,9,17H,1-3H3. The molecule has 116 valence electrons. The maximum absolute atomic E-state index is 12.6. The zero-order chi connectivity index (χ0) is 15.9. The maximum Gasteiger partial charge on any atom is 0.243 e. The Kier molecular flexibility index (Phi) is 3.45. The molecule has 1 N–H and O–H groups in total. The first kappa shape index (κ1) is 14.7. The van der Waals surface area contributed by atoms with Crippen molar-refractivity contribution < 1.29 is 13.0 Å². The zero-order valence-corrected chi connectivity index (χ0v) is 13.1. The number of fused-ring (bicyclic) bond motifs is 1. The Hall–Kier alpha value is -2.26. The maximum atomic E-state index is 12.6. The van der Waals surface area contributed by atoms with Gasteiger partial charge in [0, 0.05) is 24.8 Å². The molecule has 22 heavy (non-hydrogen) atoms. The number of benzene rings is 1. The van der Waals surface area contributed by atoms with Crippen LogP contribution in [-0.2, 0) is 17.1 Å². The lowest BCUT2D eigenvalue weighted by atomic mass is 10.1. The highest BCUT2D eigenvalue weighted by atomic mass is 32.2. The highest BCUT2D eigenvalue weighted by Gasteiger charge is 2.24. The van der Waals surface area contributed by atoms with Crippen LogP contribution in [0.5, 0.6) is 0 Å². The van der Waals surface area contributed by atoms with Gasteiger partial charge in [-0.1, -0.05) is 6.07 Å². The van der Waals surface area contributed by atoms with Crippen LogP contribution in [0, 0.1) is 6.92 Å². The van der Waals surface area contributed by atoms with Crippen LogP contribution in [0.25, 0.3) is 11.0 Å². The van der Waals surface area contributed by atoms with Crippen LogP contribution in [-0.4, -0.2) is 28.5 Å². The predicted molar refractivity (Wildman–Crippen MR) is 78.5 cm³/mol. The van der Waals surface area contributed by atoms with E-state index in [-0.39, 0.29) is 10.4 Å². The van der Waals surface area contributed by atoms with Crippen LogP contribution in [0.3, 0.4) is 0 Å². The third kappa shape index (κ3) is 2.48. The molecule has 0 aliphatic rings. The van der Waals surface area contributed by atoms with E-state index in [9.17, 15) is 8.42 Å². The van der Waals surface area contributed by atoms with E-state index in [1.807, 2.05) is 6.92 Å². The summed E-state index contributed by atoms with van der Waals surface area (Å²) in [6, 6.07) is 4.28. The number of aromatic nitrogens is 4. The normalized spacial score (nSPS) is 13.6. The van der Waals surface area contributed by atoms with Crippen molar-refractivity contribution in [3.8, 4) is 0 Å². The smallest absolute Gasteiger partial charge is 0.243 e. The van der Waals surface area contributed by atoms with Gasteiger partial charge in [-0.25, -0.2) is 17.8 Å². The second kappa shape index (κ2) is 5.18. The van der Waals surface area contributed by atoms with E-state index in [1.165, 1.54) is 6.07 Å². The molecule has 1 atom stereocenters. The van der Waals surface area contributed by atoms with Crippen LogP contribution >= 0.6 is 0 Å². The van der Waals surface area contributed by atoms with E-state index < -0.39 is 16.1 Å². The van der Waals surface area contributed by atoms with Gasteiger partial charge in [-0.05, 0) is 36.3 Å². The minimum atomic E-state index is -3.76. The summed E-state index contributed by atoms with van der Waals surface area (Å²) in [6.45, 7) is 3.60. The molecule has 0 saturated heterocycles. The van der Waals surface area contributed by atoms with E-state index in [4.69, 9.17) is 0 Å². The molecule has 0 bridgehead atoms. The number of aryl methyl sites for hydroxylation is 2. The molecule has 8 nitrogen and oxygen atoms in total. The Morgan fingerprint density at radius 2 is 2.09 bits per heavy atom. The first-order chi connectivity index (χ1) is 10.4. The highest BCUT2D eigenvalue weighted by Crippen LogP contribution is 2.23. The molecular formula is C13H15N5O3S. The van der Waals surface area contributed by atoms with Gasteiger partial charge >= 0.3 is 0 Å². The molecule has 3 rings (SSSR count). The second-order valence-electron chi connectivity index (χ2n) is 5.07. The Morgan fingerprint density at radius 1 is 1.32 bits per heavy atom. The molecular weight excluding hydrogens is 306 g/mol. The van der Waals surface area contributed by atoms with Crippen LogP contribution in [0.2, 0.25) is 0 Å². The second-order valence-corrected chi connectivity index (χ2v) is 6.76. The number of rotatable bonds is 4. The van der Waals surface area contributed by atoms with Crippen molar-refractivity contribution in [2.24, 2.45) is 7.05 Å². The summed E-state index contributed by atoms with van der Waals surface area (Å²) in [4.78, 5) is 0.0413. The highest BCUT2D eigenvalue weighted by molar-refractivity contribution is 7.89. The molecule has 9 heteroatoms. The summed E-state index contributed by atoms with van der Waals surface area (Å²) in [5.74, 6) is 0. The Balaban J connectivity index is 1.97. The summed E-state index contributed by atoms with van der Waals surface area (Å²) < 4.78 is 34.1. The fourth-order valence-electron chi connectivity index (χ4n) is 2.40. The average Bonchev–Trinajstić information content (AvgIpc) is 3.03. The predicted octanol–water partition coefficient (Wildman–Crippen LogP) is 1.30. The van der Waals surface area contributed by atoms with E-state index in [2.05, 4.69) is 24.8 Å². The van der Waals surface area contributed by atoms with Crippen molar-refractivity contribution in [2.45, 2.75) is 24.8 Å². The molecule has 1 aromatic carbocycles. The monoisotopic (exact) mass is 321 g/mol. The van der Waals surface area contributed by atoms with E-state index in [0.29, 0.717) is 5.52 Å². The lowest BCUT2D eigenvalue weighted by Gasteiger charge is -2.13. The minimum absolute atomic E-state index is 0.0413. The van der Waals surface area contributed by atoms with Gasteiger partial charge in [-0.3, -0.25) is 4.68 Å². The van der Waals surface area contributed by atoms with Gasteiger partial charge in [0.1, 0.15) is 10.4 Å². The molecule has 0 aliphatic carbocycles. The SMILES string of the molecule is Cc1nn(C)cc1C(C)NS(=O)(=O)c1cccc2nonc12. The fraction of sp³-hybridized carbons (Fsp3) is 0.308. The average molecular weight is 321 g/mol. The van der Waals surface area contributed by atoms with Crippen molar-refractivity contribution in [2.75, 3.05) is 0 Å². The molecule has 0 saturated carbocycles. The summed E-state index contributed by atoms with van der Waals surface area (Å²) in [7, 11) is -1.97. The number of nitrogens with zero attached hydrogens (tertiary/aromatic N) is 4. The lowest BCUT2D eigenvalue weighted by Crippen LogP contribution is -2.27. The van der Waals surface area contributed by atoms with Crippen LogP contribution in [0.4, 0.5) is 0 Å². The van der Waals surface area contributed by atoms with Crippen LogP contribution in [0.15, 0.2) is 33.9 Å². The quantitative estimate of drug-likeness (QED) is 0.777. The zero-order valence-electron chi connectivity index (χ0n) is 12.3. The van der Waals surface area contributed by atoms with Crippen LogP contribution < -0.4 is 4.72 Å². The van der Waals surface area contributed by atoms with E-state index in [0.717, 1.165) is 11.3 Å². The van der Waals surface area contributed by atoms with Crippen LogP contribution in [0.1, 0.15) is 24.2 Å². The summed E-state index contributed by atoms with van der Waals surface area (Å²) in [5, 5.41) is 11.5. The third-order valence-electron chi connectivity index (χ3n) is 3.39. The van der Waals surface area contributed by atoms with Gasteiger partial charge in [0.25, 0.3) is 0 Å². The van der Waals surface area contributed by atoms with Gasteiger partial charge in [0.15, 0.2) is 5.52 Å². The topological polar surface area (TPSA) is 103 Å². The summed E-state index contributed by atoms with van der Waals surface area (Å²) in [5.41, 5.74) is 2.20. The number of sulfonamides is 1. The van der Waals surface area contributed by atoms with Gasteiger partial charge in [0.05, 0.1) is 5.69 Å². The third-order valence-corrected chi connectivity index (χ3v) is 4.96. The first-order valence-electron chi connectivity index (χ1n) is 6.62. The lowest BCUT2D eigenvalue weighted by molar-refractivity contribution is 0.315. The number of hydrogen-bond donors (Lipinski definition) is 1. The van der Waals surface area contributed by atoms with Crippen molar-refractivity contribution in [3.63, 3.8) is 0 Å². The minimum Gasteiger partial charge on any atom is -0.275 e. The van der Waals surface area contributed by atoms with Crippen molar-refractivity contribution in [1.29, 1.82) is 0 Å². The van der Waals surface area contributed by atoms with E-state index in [1.54, 1.807) is 37.0 Å². The number of hydrogen-bond acceptors (Lipinski definition) is 6. The van der Waals surface area contributed by atoms with Gasteiger partial charge in [-0.2, -0.15) is 5.10 Å². The first-order valence-corrected chi connectivity index (χ1v) is 8.10. The molecule has 0 fully saturated rings.